The lowest BCUT2D eigenvalue weighted by molar-refractivity contribution is 0.00982. The van der Waals surface area contributed by atoms with Gasteiger partial charge < -0.3 is 30.3 Å². The lowest BCUT2D eigenvalue weighted by Crippen LogP contribution is -2.46. The number of aliphatic hydroxyl groups excluding tert-OH is 2. The van der Waals surface area contributed by atoms with Gasteiger partial charge in [-0.25, -0.2) is 9.59 Å². The molecule has 0 fully saturated rings. The molecule has 2 unspecified atom stereocenters. The number of amides is 2. The third kappa shape index (κ3) is 11.2. The molecule has 2 amide bonds. The Morgan fingerprint density at radius 2 is 1.09 bits per heavy atom. The van der Waals surface area contributed by atoms with Crippen LogP contribution in [-0.2, 0) is 9.47 Å². The summed E-state index contributed by atoms with van der Waals surface area (Å²) in [6, 6.07) is 0. The van der Waals surface area contributed by atoms with Gasteiger partial charge in [0, 0.05) is 13.1 Å². The van der Waals surface area contributed by atoms with E-state index >= 15 is 0 Å². The van der Waals surface area contributed by atoms with E-state index in [2.05, 4.69) is 10.6 Å². The normalized spacial score (nSPS) is 14.7. The zero-order chi connectivity index (χ0) is 17.6. The first-order valence-corrected chi connectivity index (χ1v) is 7.10. The molecule has 0 saturated heterocycles. The molecule has 0 aromatic rings. The fraction of sp³-hybridized carbons (Fsp3) is 0.857. The van der Waals surface area contributed by atoms with E-state index in [4.69, 9.17) is 9.47 Å². The first kappa shape index (κ1) is 20.5. The Balaban J connectivity index is 4.05. The Labute approximate surface area is 131 Å². The standard InChI is InChI=1S/C14H28N2O6/c1-13(2,3)21-11(19)15-7-9(17)10(18)8-16-12(20)22-14(4,5)6/h9-10,17-18H,7-8H2,1-6H3,(H,15,19)(H,16,20). The average Bonchev–Trinajstić information content (AvgIpc) is 2.28. The number of nitrogens with one attached hydrogen (secondary N) is 2. The van der Waals surface area contributed by atoms with Gasteiger partial charge in [0.05, 0.1) is 12.2 Å². The smallest absolute Gasteiger partial charge is 0.407 e. The van der Waals surface area contributed by atoms with Crippen LogP contribution >= 0.6 is 0 Å². The molecule has 0 aliphatic carbocycles. The lowest BCUT2D eigenvalue weighted by atomic mass is 10.2. The van der Waals surface area contributed by atoms with E-state index in [-0.39, 0.29) is 13.1 Å². The van der Waals surface area contributed by atoms with Gasteiger partial charge in [-0.1, -0.05) is 0 Å². The Morgan fingerprint density at radius 3 is 1.32 bits per heavy atom. The van der Waals surface area contributed by atoms with Crippen molar-refractivity contribution < 1.29 is 29.3 Å². The highest BCUT2D eigenvalue weighted by molar-refractivity contribution is 5.68. The number of carbonyl (C=O) groups is 2. The highest BCUT2D eigenvalue weighted by Gasteiger charge is 2.22. The lowest BCUT2D eigenvalue weighted by Gasteiger charge is -2.23. The highest BCUT2D eigenvalue weighted by atomic mass is 16.6. The molecular weight excluding hydrogens is 292 g/mol. The van der Waals surface area contributed by atoms with Crippen LogP contribution in [0.4, 0.5) is 9.59 Å². The van der Waals surface area contributed by atoms with E-state index in [9.17, 15) is 19.8 Å². The molecule has 0 aliphatic heterocycles. The van der Waals surface area contributed by atoms with E-state index in [1.165, 1.54) is 0 Å². The summed E-state index contributed by atoms with van der Waals surface area (Å²) >= 11 is 0. The Morgan fingerprint density at radius 1 is 0.818 bits per heavy atom. The summed E-state index contributed by atoms with van der Waals surface area (Å²) in [7, 11) is 0. The molecule has 22 heavy (non-hydrogen) atoms. The van der Waals surface area contributed by atoms with Crippen LogP contribution in [0.3, 0.4) is 0 Å². The van der Waals surface area contributed by atoms with Gasteiger partial charge in [0.15, 0.2) is 0 Å². The third-order valence-electron chi connectivity index (χ3n) is 2.15. The molecule has 0 aromatic carbocycles. The number of ether oxygens (including phenoxy) is 2. The number of hydrogen-bond acceptors (Lipinski definition) is 6. The van der Waals surface area contributed by atoms with Crippen LogP contribution in [0.5, 0.6) is 0 Å². The molecule has 8 heteroatoms. The summed E-state index contributed by atoms with van der Waals surface area (Å²) in [5.74, 6) is 0. The molecule has 0 rings (SSSR count). The minimum absolute atomic E-state index is 0.202. The predicted octanol–water partition coefficient (Wildman–Crippen LogP) is 0.758. The van der Waals surface area contributed by atoms with E-state index in [0.717, 1.165) is 0 Å². The van der Waals surface area contributed by atoms with E-state index in [1.54, 1.807) is 41.5 Å². The summed E-state index contributed by atoms with van der Waals surface area (Å²) in [6.07, 6.45) is -3.89. The zero-order valence-corrected chi connectivity index (χ0v) is 14.1. The van der Waals surface area contributed by atoms with Gasteiger partial charge >= 0.3 is 12.2 Å². The number of aliphatic hydroxyl groups is 2. The van der Waals surface area contributed by atoms with Crippen molar-refractivity contribution in [3.8, 4) is 0 Å². The van der Waals surface area contributed by atoms with Gasteiger partial charge in [0.2, 0.25) is 0 Å². The van der Waals surface area contributed by atoms with Crippen molar-refractivity contribution in [3.05, 3.63) is 0 Å². The van der Waals surface area contributed by atoms with Crippen LogP contribution in [0, 0.1) is 0 Å². The molecule has 0 aliphatic rings. The van der Waals surface area contributed by atoms with Crippen molar-refractivity contribution in [2.45, 2.75) is 65.0 Å². The van der Waals surface area contributed by atoms with Crippen LogP contribution in [0.2, 0.25) is 0 Å². The van der Waals surface area contributed by atoms with Crippen LogP contribution in [0.25, 0.3) is 0 Å². The molecule has 2 atom stereocenters. The maximum atomic E-state index is 11.4. The molecule has 0 aromatic heterocycles. The number of alkyl carbamates (subject to hydrolysis) is 2. The minimum Gasteiger partial charge on any atom is -0.444 e. The number of rotatable bonds is 5. The molecule has 0 bridgehead atoms. The minimum atomic E-state index is -1.25. The molecular formula is C14H28N2O6. The topological polar surface area (TPSA) is 117 Å². The molecule has 0 spiro atoms. The molecule has 0 saturated carbocycles. The monoisotopic (exact) mass is 320 g/mol. The molecule has 8 nitrogen and oxygen atoms in total. The maximum absolute atomic E-state index is 11.4. The summed E-state index contributed by atoms with van der Waals surface area (Å²) < 4.78 is 9.98. The molecule has 0 radical (unpaired) electrons. The van der Waals surface area contributed by atoms with Crippen LogP contribution < -0.4 is 10.6 Å². The van der Waals surface area contributed by atoms with E-state index in [1.807, 2.05) is 0 Å². The molecule has 4 N–H and O–H groups in total. The first-order chi connectivity index (χ1) is 9.80. The molecule has 130 valence electrons. The number of hydrogen-bond donors (Lipinski definition) is 4. The molecule has 0 heterocycles. The fourth-order valence-corrected chi connectivity index (χ4v) is 1.28. The van der Waals surface area contributed by atoms with Gasteiger partial charge in [-0.2, -0.15) is 0 Å². The second-order valence-corrected chi connectivity index (χ2v) is 6.90. The van der Waals surface area contributed by atoms with Gasteiger partial charge in [0.25, 0.3) is 0 Å². The van der Waals surface area contributed by atoms with E-state index in [0.29, 0.717) is 0 Å². The summed E-state index contributed by atoms with van der Waals surface area (Å²) in [6.45, 7) is 9.86. The second kappa shape index (κ2) is 8.19. The first-order valence-electron chi connectivity index (χ1n) is 7.10. The van der Waals surface area contributed by atoms with Crippen molar-refractivity contribution in [2.24, 2.45) is 0 Å². The maximum Gasteiger partial charge on any atom is 0.407 e. The van der Waals surface area contributed by atoms with Crippen molar-refractivity contribution >= 4 is 12.2 Å². The van der Waals surface area contributed by atoms with Crippen molar-refractivity contribution in [2.75, 3.05) is 13.1 Å². The van der Waals surface area contributed by atoms with Gasteiger partial charge in [-0.15, -0.1) is 0 Å². The second-order valence-electron chi connectivity index (χ2n) is 6.90. The summed E-state index contributed by atoms with van der Waals surface area (Å²) in [5, 5.41) is 24.1. The Kier molecular flexibility index (Phi) is 7.61. The quantitative estimate of drug-likeness (QED) is 0.594. The van der Waals surface area contributed by atoms with Gasteiger partial charge in [0.1, 0.15) is 11.2 Å². The van der Waals surface area contributed by atoms with Crippen LogP contribution in [0.15, 0.2) is 0 Å². The van der Waals surface area contributed by atoms with Crippen molar-refractivity contribution in [1.29, 1.82) is 0 Å². The fourth-order valence-electron chi connectivity index (χ4n) is 1.28. The van der Waals surface area contributed by atoms with E-state index < -0.39 is 35.6 Å². The third-order valence-corrected chi connectivity index (χ3v) is 2.15. The highest BCUT2D eigenvalue weighted by Crippen LogP contribution is 2.07. The zero-order valence-electron chi connectivity index (χ0n) is 14.1. The summed E-state index contributed by atoms with van der Waals surface area (Å²) in [5.41, 5.74) is -1.29. The summed E-state index contributed by atoms with van der Waals surface area (Å²) in [4.78, 5) is 22.8. The predicted molar refractivity (Wildman–Crippen MR) is 80.5 cm³/mol. The Bertz CT molecular complexity index is 337. The number of carbonyl (C=O) groups excluding carboxylic acids is 2. The SMILES string of the molecule is CC(C)(C)OC(=O)NCC(O)C(O)CNC(=O)OC(C)(C)C. The van der Waals surface area contributed by atoms with Crippen molar-refractivity contribution in [3.63, 3.8) is 0 Å². The van der Waals surface area contributed by atoms with Crippen molar-refractivity contribution in [1.82, 2.24) is 10.6 Å². The largest absolute Gasteiger partial charge is 0.444 e. The van der Waals surface area contributed by atoms with Crippen LogP contribution in [-0.4, -0.2) is 58.9 Å². The van der Waals surface area contributed by atoms with Crippen LogP contribution in [0.1, 0.15) is 41.5 Å². The van der Waals surface area contributed by atoms with Gasteiger partial charge in [-0.05, 0) is 41.5 Å². The Hall–Kier alpha value is -1.54. The average molecular weight is 320 g/mol. The van der Waals surface area contributed by atoms with Gasteiger partial charge in [-0.3, -0.25) is 0 Å².